The number of likely N-dealkylation sites (tertiary alicyclic amines) is 1. The fraction of sp³-hybridized carbons (Fsp3) is 0.375. The maximum atomic E-state index is 12.1. The van der Waals surface area contributed by atoms with Gasteiger partial charge >= 0.3 is 5.97 Å². The Morgan fingerprint density at radius 3 is 2.83 bits per heavy atom. The van der Waals surface area contributed by atoms with E-state index in [0.29, 0.717) is 42.7 Å². The average molecular weight is 338 g/mol. The number of halogens is 1. The molecule has 1 N–H and O–H groups in total. The van der Waals surface area contributed by atoms with Crippen molar-refractivity contribution in [3.8, 4) is 11.5 Å². The highest BCUT2D eigenvalue weighted by molar-refractivity contribution is 6.32. The SMILES string of the molecule is O=C(O)C1CCN(C(=O)/C=C/c2cc(Cl)c3c(c2)OCCO3)C1. The van der Waals surface area contributed by atoms with Crippen molar-refractivity contribution in [2.45, 2.75) is 6.42 Å². The van der Waals surface area contributed by atoms with Gasteiger partial charge in [0.2, 0.25) is 5.91 Å². The highest BCUT2D eigenvalue weighted by Gasteiger charge is 2.29. The van der Waals surface area contributed by atoms with E-state index < -0.39 is 11.9 Å². The Bertz CT molecular complexity index is 673. The van der Waals surface area contributed by atoms with Crippen LogP contribution >= 0.6 is 11.6 Å². The number of fused-ring (bicyclic) bond motifs is 1. The van der Waals surface area contributed by atoms with Gasteiger partial charge in [0.1, 0.15) is 13.2 Å². The zero-order valence-electron chi connectivity index (χ0n) is 12.3. The summed E-state index contributed by atoms with van der Waals surface area (Å²) >= 11 is 6.14. The fourth-order valence-electron chi connectivity index (χ4n) is 2.66. The van der Waals surface area contributed by atoms with Crippen molar-refractivity contribution in [3.05, 3.63) is 28.8 Å². The van der Waals surface area contributed by atoms with Crippen LogP contribution in [-0.2, 0) is 9.59 Å². The molecule has 1 aromatic carbocycles. The standard InChI is InChI=1S/C16H16ClNO5/c17-12-7-10(8-13-15(12)23-6-5-22-13)1-2-14(19)18-4-3-11(9-18)16(20)21/h1-2,7-8,11H,3-6,9H2,(H,20,21)/b2-1+. The van der Waals surface area contributed by atoms with E-state index in [1.54, 1.807) is 18.2 Å². The van der Waals surface area contributed by atoms with Gasteiger partial charge in [-0.15, -0.1) is 0 Å². The first-order valence-corrected chi connectivity index (χ1v) is 7.71. The molecule has 2 heterocycles. The quantitative estimate of drug-likeness (QED) is 0.854. The van der Waals surface area contributed by atoms with Gasteiger partial charge in [-0.3, -0.25) is 9.59 Å². The lowest BCUT2D eigenvalue weighted by Gasteiger charge is -2.19. The summed E-state index contributed by atoms with van der Waals surface area (Å²) in [7, 11) is 0. The van der Waals surface area contributed by atoms with Crippen molar-refractivity contribution in [1.82, 2.24) is 4.90 Å². The smallest absolute Gasteiger partial charge is 0.308 e. The molecule has 2 aliphatic heterocycles. The molecule has 0 bridgehead atoms. The fourth-order valence-corrected chi connectivity index (χ4v) is 2.94. The summed E-state index contributed by atoms with van der Waals surface area (Å²) in [4.78, 5) is 24.6. The molecule has 122 valence electrons. The van der Waals surface area contributed by atoms with Crippen molar-refractivity contribution in [2.24, 2.45) is 5.92 Å². The topological polar surface area (TPSA) is 76.1 Å². The van der Waals surface area contributed by atoms with Gasteiger partial charge < -0.3 is 19.5 Å². The Morgan fingerprint density at radius 2 is 2.09 bits per heavy atom. The highest BCUT2D eigenvalue weighted by Crippen LogP contribution is 2.38. The lowest BCUT2D eigenvalue weighted by Crippen LogP contribution is -2.28. The van der Waals surface area contributed by atoms with Gasteiger partial charge in [-0.05, 0) is 30.2 Å². The van der Waals surface area contributed by atoms with Crippen LogP contribution in [0.1, 0.15) is 12.0 Å². The maximum Gasteiger partial charge on any atom is 0.308 e. The number of ether oxygens (including phenoxy) is 2. The molecule has 1 amide bonds. The Balaban J connectivity index is 1.69. The molecule has 7 heteroatoms. The van der Waals surface area contributed by atoms with Gasteiger partial charge in [-0.25, -0.2) is 0 Å². The molecule has 2 aliphatic rings. The zero-order chi connectivity index (χ0) is 16.4. The molecule has 3 rings (SSSR count). The van der Waals surface area contributed by atoms with Crippen LogP contribution in [0.2, 0.25) is 5.02 Å². The number of aliphatic carboxylic acids is 1. The second-order valence-electron chi connectivity index (χ2n) is 5.47. The van der Waals surface area contributed by atoms with E-state index in [0.717, 1.165) is 5.56 Å². The Hall–Kier alpha value is -2.21. The molecular weight excluding hydrogens is 322 g/mol. The van der Waals surface area contributed by atoms with Crippen molar-refractivity contribution in [1.29, 1.82) is 0 Å². The number of hydrogen-bond acceptors (Lipinski definition) is 4. The van der Waals surface area contributed by atoms with Crippen molar-refractivity contribution < 1.29 is 24.2 Å². The van der Waals surface area contributed by atoms with Crippen LogP contribution in [0.25, 0.3) is 6.08 Å². The molecule has 1 saturated heterocycles. The van der Waals surface area contributed by atoms with E-state index in [4.69, 9.17) is 26.2 Å². The van der Waals surface area contributed by atoms with Crippen LogP contribution in [0, 0.1) is 5.92 Å². The summed E-state index contributed by atoms with van der Waals surface area (Å²) in [6.07, 6.45) is 3.55. The van der Waals surface area contributed by atoms with Gasteiger partial charge in [-0.1, -0.05) is 11.6 Å². The number of amides is 1. The molecule has 0 saturated carbocycles. The van der Waals surface area contributed by atoms with Crippen LogP contribution in [0.4, 0.5) is 0 Å². The third kappa shape index (κ3) is 3.42. The zero-order valence-corrected chi connectivity index (χ0v) is 13.1. The van der Waals surface area contributed by atoms with Gasteiger partial charge in [-0.2, -0.15) is 0 Å². The third-order valence-corrected chi connectivity index (χ3v) is 4.17. The summed E-state index contributed by atoms with van der Waals surface area (Å²) in [6.45, 7) is 1.63. The van der Waals surface area contributed by atoms with Crippen LogP contribution < -0.4 is 9.47 Å². The molecule has 1 aromatic rings. The third-order valence-electron chi connectivity index (χ3n) is 3.89. The Morgan fingerprint density at radius 1 is 1.30 bits per heavy atom. The molecular formula is C16H16ClNO5. The van der Waals surface area contributed by atoms with E-state index in [9.17, 15) is 9.59 Å². The molecule has 1 unspecified atom stereocenters. The monoisotopic (exact) mass is 337 g/mol. The van der Waals surface area contributed by atoms with E-state index in [1.165, 1.54) is 11.0 Å². The van der Waals surface area contributed by atoms with Crippen LogP contribution in [-0.4, -0.2) is 48.2 Å². The van der Waals surface area contributed by atoms with E-state index >= 15 is 0 Å². The minimum atomic E-state index is -0.858. The number of carbonyl (C=O) groups is 2. The molecule has 0 aromatic heterocycles. The van der Waals surface area contributed by atoms with Crippen LogP contribution in [0.5, 0.6) is 11.5 Å². The lowest BCUT2D eigenvalue weighted by atomic mass is 10.1. The summed E-state index contributed by atoms with van der Waals surface area (Å²) < 4.78 is 10.9. The molecule has 1 atom stereocenters. The number of nitrogens with zero attached hydrogens (tertiary/aromatic N) is 1. The van der Waals surface area contributed by atoms with Gasteiger partial charge in [0, 0.05) is 19.2 Å². The predicted octanol–water partition coefficient (Wildman–Crippen LogP) is 2.06. The van der Waals surface area contributed by atoms with Crippen LogP contribution in [0.15, 0.2) is 18.2 Å². The highest BCUT2D eigenvalue weighted by atomic mass is 35.5. The van der Waals surface area contributed by atoms with Crippen molar-refractivity contribution >= 4 is 29.6 Å². The number of rotatable bonds is 3. The minimum Gasteiger partial charge on any atom is -0.486 e. The minimum absolute atomic E-state index is 0.209. The van der Waals surface area contributed by atoms with E-state index in [2.05, 4.69) is 0 Å². The lowest BCUT2D eigenvalue weighted by molar-refractivity contribution is -0.141. The molecule has 1 fully saturated rings. The largest absolute Gasteiger partial charge is 0.486 e. The average Bonchev–Trinajstić information content (AvgIpc) is 3.03. The molecule has 0 aliphatic carbocycles. The molecule has 0 radical (unpaired) electrons. The molecule has 0 spiro atoms. The second-order valence-corrected chi connectivity index (χ2v) is 5.88. The number of hydrogen-bond donors (Lipinski definition) is 1. The Labute approximate surface area is 138 Å². The maximum absolute atomic E-state index is 12.1. The summed E-state index contributed by atoms with van der Waals surface area (Å²) in [6, 6.07) is 3.46. The number of carbonyl (C=O) groups excluding carboxylic acids is 1. The number of carboxylic acid groups (broad SMARTS) is 1. The Kier molecular flexibility index (Phi) is 4.43. The van der Waals surface area contributed by atoms with Gasteiger partial charge in [0.05, 0.1) is 10.9 Å². The first kappa shape index (κ1) is 15.7. The summed E-state index contributed by atoms with van der Waals surface area (Å²) in [5, 5.41) is 9.40. The molecule has 23 heavy (non-hydrogen) atoms. The van der Waals surface area contributed by atoms with E-state index in [1.807, 2.05) is 0 Å². The van der Waals surface area contributed by atoms with Crippen LogP contribution in [0.3, 0.4) is 0 Å². The first-order chi connectivity index (χ1) is 11.0. The van der Waals surface area contributed by atoms with Gasteiger partial charge in [0.15, 0.2) is 11.5 Å². The van der Waals surface area contributed by atoms with E-state index in [-0.39, 0.29) is 12.5 Å². The van der Waals surface area contributed by atoms with Gasteiger partial charge in [0.25, 0.3) is 0 Å². The number of carboxylic acids is 1. The van der Waals surface area contributed by atoms with Crippen molar-refractivity contribution in [3.63, 3.8) is 0 Å². The number of benzene rings is 1. The molecule has 6 nitrogen and oxygen atoms in total. The first-order valence-electron chi connectivity index (χ1n) is 7.33. The predicted molar refractivity (Wildman–Crippen MR) is 83.8 cm³/mol. The summed E-state index contributed by atoms with van der Waals surface area (Å²) in [5.41, 5.74) is 0.724. The van der Waals surface area contributed by atoms with Crippen molar-refractivity contribution in [2.75, 3.05) is 26.3 Å². The summed E-state index contributed by atoms with van der Waals surface area (Å²) in [5.74, 6) is -0.466. The second kappa shape index (κ2) is 6.50. The normalized spacial score (nSPS) is 20.0.